The van der Waals surface area contributed by atoms with E-state index in [2.05, 4.69) is 10.5 Å². The van der Waals surface area contributed by atoms with Gasteiger partial charge in [-0.2, -0.15) is 0 Å². The number of nitrogens with zero attached hydrogens (tertiary/aromatic N) is 2. The molecule has 0 saturated carbocycles. The first-order valence-electron chi connectivity index (χ1n) is 12.4. The summed E-state index contributed by atoms with van der Waals surface area (Å²) in [5.41, 5.74) is 2.83. The lowest BCUT2D eigenvalue weighted by Gasteiger charge is -2.33. The molecule has 37 heavy (non-hydrogen) atoms. The summed E-state index contributed by atoms with van der Waals surface area (Å²) in [5.74, 6) is -0.386. The average molecular weight is 506 g/mol. The van der Waals surface area contributed by atoms with E-state index in [1.165, 1.54) is 24.3 Å². The minimum Gasteiger partial charge on any atom is -0.411 e. The van der Waals surface area contributed by atoms with Crippen LogP contribution in [0.25, 0.3) is 0 Å². The van der Waals surface area contributed by atoms with E-state index in [1.807, 2.05) is 60.7 Å². The Kier molecular flexibility index (Phi) is 8.87. The lowest BCUT2D eigenvalue weighted by atomic mass is 9.91. The number of hydrogen-bond acceptors (Lipinski definition) is 5. The molecule has 0 bridgehead atoms. The minimum atomic E-state index is -1.18. The quantitative estimate of drug-likeness (QED) is 0.202. The molecule has 1 fully saturated rings. The second-order valence-electron chi connectivity index (χ2n) is 9.33. The van der Waals surface area contributed by atoms with Crippen molar-refractivity contribution in [3.8, 4) is 0 Å². The van der Waals surface area contributed by atoms with E-state index in [4.69, 9.17) is 0 Å². The smallest absolute Gasteiger partial charge is 0.318 e. The van der Waals surface area contributed by atoms with Crippen LogP contribution in [0.1, 0.15) is 29.5 Å². The molecule has 2 amide bonds. The molecule has 7 nitrogen and oxygen atoms in total. The number of aliphatic hydroxyl groups excluding tert-OH is 2. The van der Waals surface area contributed by atoms with Gasteiger partial charge in [-0.1, -0.05) is 78.0 Å². The molecular formula is C29H32FN3O4. The number of carbonyl (C=O) groups excluding carboxylic acids is 1. The zero-order valence-corrected chi connectivity index (χ0v) is 20.5. The number of carbonyl (C=O) groups is 1. The van der Waals surface area contributed by atoms with Crippen molar-refractivity contribution in [3.63, 3.8) is 0 Å². The Bertz CT molecular complexity index is 1170. The molecule has 1 aliphatic rings. The third-order valence-electron chi connectivity index (χ3n) is 6.82. The molecular weight excluding hydrogens is 473 g/mol. The van der Waals surface area contributed by atoms with Gasteiger partial charge in [-0.3, -0.25) is 0 Å². The Morgan fingerprint density at radius 2 is 1.46 bits per heavy atom. The van der Waals surface area contributed by atoms with Gasteiger partial charge < -0.3 is 25.6 Å². The Balaban J connectivity index is 1.53. The fourth-order valence-electron chi connectivity index (χ4n) is 4.83. The van der Waals surface area contributed by atoms with Crippen molar-refractivity contribution in [2.45, 2.75) is 50.0 Å². The number of amides is 2. The lowest BCUT2D eigenvalue weighted by molar-refractivity contribution is -0.0295. The van der Waals surface area contributed by atoms with E-state index >= 15 is 0 Å². The van der Waals surface area contributed by atoms with Gasteiger partial charge in [0.05, 0.1) is 17.8 Å². The van der Waals surface area contributed by atoms with E-state index in [0.717, 1.165) is 11.1 Å². The van der Waals surface area contributed by atoms with Crippen LogP contribution in [0.2, 0.25) is 0 Å². The topological polar surface area (TPSA) is 105 Å². The number of hydrogen-bond donors (Lipinski definition) is 4. The molecule has 4 rings (SSSR count). The van der Waals surface area contributed by atoms with E-state index in [0.29, 0.717) is 37.0 Å². The molecule has 194 valence electrons. The van der Waals surface area contributed by atoms with Crippen LogP contribution in [0.3, 0.4) is 0 Å². The van der Waals surface area contributed by atoms with Crippen LogP contribution in [0.15, 0.2) is 90.1 Å². The van der Waals surface area contributed by atoms with Crippen molar-refractivity contribution in [1.29, 1.82) is 0 Å². The largest absolute Gasteiger partial charge is 0.411 e. The van der Waals surface area contributed by atoms with Crippen LogP contribution in [0.4, 0.5) is 9.18 Å². The monoisotopic (exact) mass is 505 g/mol. The third kappa shape index (κ3) is 6.72. The van der Waals surface area contributed by atoms with Crippen molar-refractivity contribution in [2.75, 3.05) is 6.54 Å². The highest BCUT2D eigenvalue weighted by molar-refractivity contribution is 6.00. The molecule has 8 heteroatoms. The zero-order valence-electron chi connectivity index (χ0n) is 20.5. The van der Waals surface area contributed by atoms with Crippen LogP contribution in [-0.4, -0.2) is 62.9 Å². The van der Waals surface area contributed by atoms with E-state index in [1.54, 1.807) is 4.90 Å². The van der Waals surface area contributed by atoms with Gasteiger partial charge in [0, 0.05) is 6.54 Å². The van der Waals surface area contributed by atoms with Crippen LogP contribution >= 0.6 is 0 Å². The van der Waals surface area contributed by atoms with E-state index in [-0.39, 0.29) is 18.4 Å². The summed E-state index contributed by atoms with van der Waals surface area (Å²) in [6, 6.07) is 23.0. The number of rotatable bonds is 9. The number of benzene rings is 3. The number of aliphatic hydroxyl groups is 2. The summed E-state index contributed by atoms with van der Waals surface area (Å²) in [4.78, 5) is 15.0. The molecule has 1 aliphatic heterocycles. The summed E-state index contributed by atoms with van der Waals surface area (Å²) in [6.07, 6.45) is -0.850. The van der Waals surface area contributed by atoms with Gasteiger partial charge in [-0.25, -0.2) is 9.18 Å². The van der Waals surface area contributed by atoms with Gasteiger partial charge in [0.1, 0.15) is 18.0 Å². The van der Waals surface area contributed by atoms with Gasteiger partial charge >= 0.3 is 6.03 Å². The standard InChI is InChI=1S/C29H32FN3O4/c30-23-15-13-22(14-16-23)24(32-37)12-7-17-33-26(19-21-10-5-2-6-11-21)28(35)27(34)25(31-29(33)36)18-20-8-3-1-4-9-20/h1-6,8-11,13-16,25-28,34-35,37H,7,12,17-19H2,(H,31,36). The van der Waals surface area contributed by atoms with Crippen LogP contribution < -0.4 is 5.32 Å². The highest BCUT2D eigenvalue weighted by atomic mass is 19.1. The van der Waals surface area contributed by atoms with Crippen LogP contribution in [-0.2, 0) is 12.8 Å². The Labute approximate surface area is 215 Å². The number of nitrogens with one attached hydrogen (secondary N) is 1. The Hall–Kier alpha value is -3.75. The second-order valence-corrected chi connectivity index (χ2v) is 9.33. The SMILES string of the molecule is O=C1NC(Cc2ccccc2)C(O)C(O)C(Cc2ccccc2)N1CCCC(=NO)c1ccc(F)cc1. The predicted molar refractivity (Wildman–Crippen MR) is 139 cm³/mol. The van der Waals surface area contributed by atoms with Crippen LogP contribution in [0, 0.1) is 5.82 Å². The molecule has 1 heterocycles. The zero-order chi connectivity index (χ0) is 26.2. The van der Waals surface area contributed by atoms with E-state index < -0.39 is 24.3 Å². The average Bonchev–Trinajstić information content (AvgIpc) is 2.99. The highest BCUT2D eigenvalue weighted by Gasteiger charge is 2.42. The number of urea groups is 1. The van der Waals surface area contributed by atoms with Crippen molar-refractivity contribution in [1.82, 2.24) is 10.2 Å². The summed E-state index contributed by atoms with van der Waals surface area (Å²) < 4.78 is 13.3. The first kappa shape index (κ1) is 26.3. The van der Waals surface area contributed by atoms with E-state index in [9.17, 15) is 24.6 Å². The van der Waals surface area contributed by atoms with Crippen molar-refractivity contribution in [3.05, 3.63) is 107 Å². The van der Waals surface area contributed by atoms with Gasteiger partial charge in [0.2, 0.25) is 0 Å². The first-order chi connectivity index (χ1) is 18.0. The Morgan fingerprint density at radius 3 is 2.05 bits per heavy atom. The molecule has 3 aromatic rings. The van der Waals surface area contributed by atoms with Crippen molar-refractivity contribution < 1.29 is 24.6 Å². The summed E-state index contributed by atoms with van der Waals surface area (Å²) in [7, 11) is 0. The summed E-state index contributed by atoms with van der Waals surface area (Å²) >= 11 is 0. The molecule has 1 saturated heterocycles. The second kappa shape index (κ2) is 12.5. The molecule has 3 aromatic carbocycles. The number of oxime groups is 1. The first-order valence-corrected chi connectivity index (χ1v) is 12.4. The Morgan fingerprint density at radius 1 is 0.865 bits per heavy atom. The lowest BCUT2D eigenvalue weighted by Crippen LogP contribution is -2.51. The fourth-order valence-corrected chi connectivity index (χ4v) is 4.83. The summed E-state index contributed by atoms with van der Waals surface area (Å²) in [5, 5.41) is 38.2. The third-order valence-corrected chi connectivity index (χ3v) is 6.82. The maximum Gasteiger partial charge on any atom is 0.318 e. The molecule has 0 radical (unpaired) electrons. The van der Waals surface area contributed by atoms with Crippen molar-refractivity contribution in [2.24, 2.45) is 5.16 Å². The van der Waals surface area contributed by atoms with Crippen LogP contribution in [0.5, 0.6) is 0 Å². The molecule has 0 spiro atoms. The molecule has 0 aromatic heterocycles. The van der Waals surface area contributed by atoms with Gasteiger partial charge in [0.15, 0.2) is 0 Å². The highest BCUT2D eigenvalue weighted by Crippen LogP contribution is 2.23. The minimum absolute atomic E-state index is 0.255. The maximum atomic E-state index is 13.4. The van der Waals surface area contributed by atoms with Gasteiger partial charge in [-0.05, 0) is 54.5 Å². The molecule has 4 N–H and O–H groups in total. The number of halogens is 1. The normalized spacial score (nSPS) is 22.4. The molecule has 4 atom stereocenters. The fraction of sp³-hybridized carbons (Fsp3) is 0.310. The predicted octanol–water partition coefficient (Wildman–Crippen LogP) is 3.75. The summed E-state index contributed by atoms with van der Waals surface area (Å²) in [6.45, 7) is 0.255. The maximum absolute atomic E-state index is 13.4. The van der Waals surface area contributed by atoms with Gasteiger partial charge in [-0.15, -0.1) is 0 Å². The molecule has 0 aliphatic carbocycles. The van der Waals surface area contributed by atoms with Crippen molar-refractivity contribution >= 4 is 11.7 Å². The van der Waals surface area contributed by atoms with Gasteiger partial charge in [0.25, 0.3) is 0 Å². The molecule has 4 unspecified atom stereocenters.